The minimum atomic E-state index is 0.0856. The summed E-state index contributed by atoms with van der Waals surface area (Å²) in [6, 6.07) is 9.66. The van der Waals surface area contributed by atoms with Gasteiger partial charge in [0.05, 0.1) is 0 Å². The number of rotatable bonds is 7. The Morgan fingerprint density at radius 2 is 2.00 bits per heavy atom. The summed E-state index contributed by atoms with van der Waals surface area (Å²) in [6.45, 7) is 7.35. The summed E-state index contributed by atoms with van der Waals surface area (Å²) in [5, 5.41) is 0. The Hall–Kier alpha value is -1.15. The molecule has 1 saturated carbocycles. The molecular formula is C17H25NO. The van der Waals surface area contributed by atoms with E-state index in [-0.39, 0.29) is 11.7 Å². The van der Waals surface area contributed by atoms with Gasteiger partial charge in [-0.3, -0.25) is 4.79 Å². The lowest BCUT2D eigenvalue weighted by Crippen LogP contribution is -2.37. The first-order valence-electron chi connectivity index (χ1n) is 7.52. The van der Waals surface area contributed by atoms with E-state index in [0.717, 1.165) is 24.6 Å². The summed E-state index contributed by atoms with van der Waals surface area (Å²) in [5.74, 6) is 1.23. The highest BCUT2D eigenvalue weighted by molar-refractivity contribution is 5.97. The number of carbonyl (C=O) groups is 1. The van der Waals surface area contributed by atoms with E-state index in [1.54, 1.807) is 0 Å². The quantitative estimate of drug-likeness (QED) is 0.697. The second-order valence-electron chi connectivity index (χ2n) is 5.78. The van der Waals surface area contributed by atoms with E-state index in [1.165, 1.54) is 25.8 Å². The van der Waals surface area contributed by atoms with Gasteiger partial charge in [-0.2, -0.15) is 0 Å². The molecule has 1 aliphatic rings. The van der Waals surface area contributed by atoms with Crippen LogP contribution in [0.2, 0.25) is 0 Å². The van der Waals surface area contributed by atoms with Gasteiger partial charge in [-0.1, -0.05) is 50.6 Å². The number of nitrogens with zero attached hydrogens (tertiary/aromatic N) is 1. The van der Waals surface area contributed by atoms with Gasteiger partial charge in [-0.15, -0.1) is 0 Å². The number of hydrogen-bond donors (Lipinski definition) is 0. The fraction of sp³-hybridized carbons (Fsp3) is 0.588. The second-order valence-corrected chi connectivity index (χ2v) is 5.78. The minimum absolute atomic E-state index is 0.0856. The van der Waals surface area contributed by atoms with Crippen molar-refractivity contribution in [2.75, 3.05) is 19.6 Å². The summed E-state index contributed by atoms with van der Waals surface area (Å²) in [6.07, 6.45) is 4.13. The van der Waals surface area contributed by atoms with Crippen molar-refractivity contribution in [2.45, 2.75) is 33.1 Å². The molecule has 0 saturated heterocycles. The van der Waals surface area contributed by atoms with Gasteiger partial charge in [0.1, 0.15) is 0 Å². The van der Waals surface area contributed by atoms with Gasteiger partial charge in [-0.25, -0.2) is 0 Å². The first-order valence-corrected chi connectivity index (χ1v) is 7.52. The third-order valence-electron chi connectivity index (χ3n) is 4.23. The number of carbonyl (C=O) groups excluding carboxylic acids is 1. The highest BCUT2D eigenvalue weighted by Crippen LogP contribution is 2.27. The Morgan fingerprint density at radius 1 is 1.32 bits per heavy atom. The lowest BCUT2D eigenvalue weighted by Gasteiger charge is -2.32. The Kier molecular flexibility index (Phi) is 5.15. The van der Waals surface area contributed by atoms with Gasteiger partial charge >= 0.3 is 0 Å². The van der Waals surface area contributed by atoms with Crippen LogP contribution in [0.1, 0.15) is 43.5 Å². The van der Waals surface area contributed by atoms with Crippen LogP contribution in [0, 0.1) is 11.8 Å². The number of Topliss-reactive ketones (excluding diaryl/α,β-unsaturated/α-hetero) is 1. The fourth-order valence-electron chi connectivity index (χ4n) is 2.73. The Labute approximate surface area is 116 Å². The second kappa shape index (κ2) is 6.85. The molecule has 0 aromatic heterocycles. The first-order chi connectivity index (χ1) is 9.20. The van der Waals surface area contributed by atoms with E-state index in [1.807, 2.05) is 30.3 Å². The molecule has 1 aromatic rings. The molecule has 19 heavy (non-hydrogen) atoms. The lowest BCUT2D eigenvalue weighted by molar-refractivity contribution is 0.0876. The predicted molar refractivity (Wildman–Crippen MR) is 79.4 cm³/mol. The zero-order chi connectivity index (χ0) is 13.7. The van der Waals surface area contributed by atoms with Crippen LogP contribution in [0.4, 0.5) is 0 Å². The van der Waals surface area contributed by atoms with Crippen LogP contribution in [0.3, 0.4) is 0 Å². The van der Waals surface area contributed by atoms with Crippen molar-refractivity contribution in [3.63, 3.8) is 0 Å². The standard InChI is InChI=1S/C17H25NO/c1-3-18(13-15-8-7-9-15)12-14(2)17(19)16-10-5-4-6-11-16/h4-6,10-11,14-15H,3,7-9,12-13H2,1-2H3. The van der Waals surface area contributed by atoms with Crippen molar-refractivity contribution in [3.8, 4) is 0 Å². The van der Waals surface area contributed by atoms with E-state index in [9.17, 15) is 4.79 Å². The largest absolute Gasteiger partial charge is 0.303 e. The molecule has 0 spiro atoms. The molecule has 0 amide bonds. The third kappa shape index (κ3) is 3.90. The molecule has 1 fully saturated rings. The van der Waals surface area contributed by atoms with Crippen LogP contribution in [0.25, 0.3) is 0 Å². The molecule has 0 radical (unpaired) electrons. The molecule has 2 heteroatoms. The predicted octanol–water partition coefficient (Wildman–Crippen LogP) is 3.63. The van der Waals surface area contributed by atoms with E-state index >= 15 is 0 Å². The molecule has 2 rings (SSSR count). The minimum Gasteiger partial charge on any atom is -0.303 e. The number of benzene rings is 1. The zero-order valence-corrected chi connectivity index (χ0v) is 12.1. The maximum atomic E-state index is 12.3. The molecule has 104 valence electrons. The highest BCUT2D eigenvalue weighted by Gasteiger charge is 2.23. The van der Waals surface area contributed by atoms with Crippen LogP contribution in [0.5, 0.6) is 0 Å². The fourth-order valence-corrected chi connectivity index (χ4v) is 2.73. The summed E-state index contributed by atoms with van der Waals surface area (Å²) in [7, 11) is 0. The van der Waals surface area contributed by atoms with Crippen LogP contribution < -0.4 is 0 Å². The van der Waals surface area contributed by atoms with Crippen LogP contribution in [-0.2, 0) is 0 Å². The maximum absolute atomic E-state index is 12.3. The van der Waals surface area contributed by atoms with Gasteiger partial charge in [0.15, 0.2) is 5.78 Å². The topological polar surface area (TPSA) is 20.3 Å². The Morgan fingerprint density at radius 3 is 2.53 bits per heavy atom. The van der Waals surface area contributed by atoms with Crippen molar-refractivity contribution < 1.29 is 4.79 Å². The van der Waals surface area contributed by atoms with Crippen molar-refractivity contribution in [2.24, 2.45) is 11.8 Å². The van der Waals surface area contributed by atoms with E-state index in [2.05, 4.69) is 18.7 Å². The van der Waals surface area contributed by atoms with E-state index in [4.69, 9.17) is 0 Å². The van der Waals surface area contributed by atoms with Gasteiger partial charge in [-0.05, 0) is 25.3 Å². The first kappa shape index (κ1) is 14.3. The molecule has 1 unspecified atom stereocenters. The molecule has 2 nitrogen and oxygen atoms in total. The SMILES string of the molecule is CCN(CC1CCC1)CC(C)C(=O)c1ccccc1. The summed E-state index contributed by atoms with van der Waals surface area (Å²) in [4.78, 5) is 14.8. The van der Waals surface area contributed by atoms with Gasteiger partial charge in [0.25, 0.3) is 0 Å². The molecule has 1 aromatic carbocycles. The van der Waals surface area contributed by atoms with Crippen LogP contribution in [-0.4, -0.2) is 30.3 Å². The van der Waals surface area contributed by atoms with Crippen molar-refractivity contribution in [1.29, 1.82) is 0 Å². The summed E-state index contributed by atoms with van der Waals surface area (Å²) >= 11 is 0. The normalized spacial score (nSPS) is 17.2. The molecule has 0 N–H and O–H groups in total. The molecule has 1 atom stereocenters. The number of hydrogen-bond acceptors (Lipinski definition) is 2. The zero-order valence-electron chi connectivity index (χ0n) is 12.1. The molecule has 1 aliphatic carbocycles. The summed E-state index contributed by atoms with van der Waals surface area (Å²) in [5.41, 5.74) is 0.842. The monoisotopic (exact) mass is 259 g/mol. The smallest absolute Gasteiger partial charge is 0.166 e. The van der Waals surface area contributed by atoms with E-state index < -0.39 is 0 Å². The number of ketones is 1. The van der Waals surface area contributed by atoms with Crippen molar-refractivity contribution in [3.05, 3.63) is 35.9 Å². The lowest BCUT2D eigenvalue weighted by atomic mass is 9.85. The third-order valence-corrected chi connectivity index (χ3v) is 4.23. The van der Waals surface area contributed by atoms with Gasteiger partial charge in [0.2, 0.25) is 0 Å². The summed E-state index contributed by atoms with van der Waals surface area (Å²) < 4.78 is 0. The van der Waals surface area contributed by atoms with Crippen molar-refractivity contribution in [1.82, 2.24) is 4.90 Å². The van der Waals surface area contributed by atoms with Gasteiger partial charge in [0, 0.05) is 24.6 Å². The average Bonchev–Trinajstić information content (AvgIpc) is 2.41. The maximum Gasteiger partial charge on any atom is 0.166 e. The van der Waals surface area contributed by atoms with Gasteiger partial charge < -0.3 is 4.90 Å². The molecule has 0 heterocycles. The van der Waals surface area contributed by atoms with Crippen LogP contribution >= 0.6 is 0 Å². The molecule has 0 aliphatic heterocycles. The Bertz CT molecular complexity index is 397. The van der Waals surface area contributed by atoms with E-state index in [0.29, 0.717) is 0 Å². The average molecular weight is 259 g/mol. The molecular weight excluding hydrogens is 234 g/mol. The Balaban J connectivity index is 1.87. The van der Waals surface area contributed by atoms with Crippen molar-refractivity contribution >= 4 is 5.78 Å². The van der Waals surface area contributed by atoms with Crippen LogP contribution in [0.15, 0.2) is 30.3 Å². The molecule has 0 bridgehead atoms. The highest BCUT2D eigenvalue weighted by atomic mass is 16.1.